The molecule has 0 saturated carbocycles. The molecular formula is C61H63N4OPt-3. The van der Waals surface area contributed by atoms with Crippen molar-refractivity contribution < 1.29 is 25.8 Å². The normalized spacial score (nSPS) is 13.5. The van der Waals surface area contributed by atoms with Crippen molar-refractivity contribution in [3.8, 4) is 17.3 Å². The SMILES string of the molecule is CC(C)c1cccc(C(C)C)c1C1=CN(c2cccc(C(C)(C)C)c2)[CH-]N1c1[c-]c(Oc2[c-]c3c(cc2)c2ccccc2n3-c2cc(C(C)(C)C)ccn2)cc(C(C)(C)c2ccccc2)c1.[Pt]. The number of para-hydroxylation sites is 1. The zero-order valence-corrected chi connectivity index (χ0v) is 43.4. The minimum atomic E-state index is -0.379. The smallest absolute Gasteiger partial charge is 0.135 e. The Morgan fingerprint density at radius 1 is 0.582 bits per heavy atom. The van der Waals surface area contributed by atoms with Gasteiger partial charge in [-0.1, -0.05) is 167 Å². The molecule has 0 fully saturated rings. The predicted molar refractivity (Wildman–Crippen MR) is 277 cm³/mol. The van der Waals surface area contributed by atoms with Gasteiger partial charge in [0, 0.05) is 61.2 Å². The Morgan fingerprint density at radius 3 is 1.91 bits per heavy atom. The maximum Gasteiger partial charge on any atom is 0.135 e. The summed E-state index contributed by atoms with van der Waals surface area (Å²) in [4.78, 5) is 9.52. The molecule has 8 aromatic rings. The Morgan fingerprint density at radius 2 is 1.22 bits per heavy atom. The van der Waals surface area contributed by atoms with Crippen LogP contribution in [0.15, 0.2) is 146 Å². The van der Waals surface area contributed by atoms with Crippen LogP contribution in [0, 0.1) is 18.8 Å². The van der Waals surface area contributed by atoms with Crippen LogP contribution in [0.5, 0.6) is 11.5 Å². The van der Waals surface area contributed by atoms with Crippen LogP contribution in [0.3, 0.4) is 0 Å². The second-order valence-corrected chi connectivity index (χ2v) is 21.1. The van der Waals surface area contributed by atoms with Gasteiger partial charge in [-0.3, -0.25) is 0 Å². The molecule has 3 heterocycles. The monoisotopic (exact) mass is 1060 g/mol. The predicted octanol–water partition coefficient (Wildman–Crippen LogP) is 16.2. The van der Waals surface area contributed by atoms with E-state index >= 15 is 0 Å². The first-order chi connectivity index (χ1) is 31.4. The van der Waals surface area contributed by atoms with Crippen molar-refractivity contribution in [2.24, 2.45) is 0 Å². The van der Waals surface area contributed by atoms with Crippen LogP contribution in [0.25, 0.3) is 33.3 Å². The van der Waals surface area contributed by atoms with Gasteiger partial charge in [-0.15, -0.1) is 53.6 Å². The molecule has 1 aliphatic heterocycles. The molecule has 0 radical (unpaired) electrons. The van der Waals surface area contributed by atoms with E-state index in [2.05, 4.69) is 250 Å². The van der Waals surface area contributed by atoms with Crippen molar-refractivity contribution in [2.45, 2.75) is 111 Å². The topological polar surface area (TPSA) is 33.5 Å². The van der Waals surface area contributed by atoms with E-state index in [9.17, 15) is 0 Å². The van der Waals surface area contributed by atoms with Gasteiger partial charge in [0.05, 0.1) is 0 Å². The average molecular weight is 1060 g/mol. The van der Waals surface area contributed by atoms with Gasteiger partial charge >= 0.3 is 0 Å². The molecule has 0 spiro atoms. The number of nitrogens with zero attached hydrogens (tertiary/aromatic N) is 4. The third kappa shape index (κ3) is 9.25. The van der Waals surface area contributed by atoms with Crippen LogP contribution in [-0.4, -0.2) is 9.55 Å². The molecule has 0 aliphatic carbocycles. The van der Waals surface area contributed by atoms with E-state index in [0.717, 1.165) is 50.3 Å². The summed E-state index contributed by atoms with van der Waals surface area (Å²) in [5.41, 5.74) is 13.4. The van der Waals surface area contributed by atoms with Gasteiger partial charge in [-0.25, -0.2) is 4.98 Å². The fourth-order valence-electron chi connectivity index (χ4n) is 9.30. The van der Waals surface area contributed by atoms with Gasteiger partial charge in [0.25, 0.3) is 0 Å². The van der Waals surface area contributed by atoms with Crippen molar-refractivity contribution >= 4 is 38.9 Å². The quantitative estimate of drug-likeness (QED) is 0.128. The Labute approximate surface area is 413 Å². The van der Waals surface area contributed by atoms with Crippen LogP contribution in [0.4, 0.5) is 11.4 Å². The third-order valence-electron chi connectivity index (χ3n) is 13.3. The van der Waals surface area contributed by atoms with Crippen LogP contribution >= 0.6 is 0 Å². The molecule has 0 amide bonds. The zero-order valence-electron chi connectivity index (χ0n) is 41.1. The first kappa shape index (κ1) is 47.6. The maximum absolute atomic E-state index is 7.03. The molecule has 0 saturated heterocycles. The standard InChI is InChI=1S/C61H63N4O.Pt/c1-40(2)50-25-19-26-51(41(3)4)58(50)56-38-63(46-23-18-22-43(32-46)59(5,6)7)39-64(56)47-33-45(61(11,12)42-20-14-13-15-21-42)34-49(36-47)66-48-28-29-53-52-24-16-17-27-54(52)65(55(53)37-48)57-35-44(30-31-62-57)60(8,9)10;/h13-35,38-41H,1-12H3;/q-3;. The first-order valence-corrected chi connectivity index (χ1v) is 23.5. The van der Waals surface area contributed by atoms with E-state index in [1.165, 1.54) is 33.4 Å². The summed E-state index contributed by atoms with van der Waals surface area (Å²) in [6, 6.07) is 55.5. The summed E-state index contributed by atoms with van der Waals surface area (Å²) in [7, 11) is 0. The van der Waals surface area contributed by atoms with E-state index in [4.69, 9.17) is 9.72 Å². The van der Waals surface area contributed by atoms with Gasteiger partial charge in [-0.2, -0.15) is 6.07 Å². The van der Waals surface area contributed by atoms with Gasteiger partial charge < -0.3 is 19.1 Å². The molecule has 0 unspecified atom stereocenters. The summed E-state index contributed by atoms with van der Waals surface area (Å²) in [5, 5.41) is 2.23. The Hall–Kier alpha value is -5.90. The van der Waals surface area contributed by atoms with Crippen molar-refractivity contribution in [1.82, 2.24) is 9.55 Å². The van der Waals surface area contributed by atoms with E-state index < -0.39 is 0 Å². The number of benzene rings is 6. The fraction of sp³-hybridized carbons (Fsp3) is 0.279. The van der Waals surface area contributed by atoms with Gasteiger partial charge in [0.2, 0.25) is 0 Å². The van der Waals surface area contributed by atoms with Gasteiger partial charge in [0.15, 0.2) is 0 Å². The molecule has 5 nitrogen and oxygen atoms in total. The van der Waals surface area contributed by atoms with E-state index in [0.29, 0.717) is 23.3 Å². The Bertz CT molecular complexity index is 3080. The Kier molecular flexibility index (Phi) is 13.0. The van der Waals surface area contributed by atoms with E-state index in [1.807, 2.05) is 12.3 Å². The third-order valence-corrected chi connectivity index (χ3v) is 13.3. The van der Waals surface area contributed by atoms with Gasteiger partial charge in [0.1, 0.15) is 5.82 Å². The minimum Gasteiger partial charge on any atom is -0.509 e. The zero-order chi connectivity index (χ0) is 46.7. The number of fused-ring (bicyclic) bond motifs is 3. The van der Waals surface area contributed by atoms with Crippen LogP contribution in [0.2, 0.25) is 0 Å². The minimum absolute atomic E-state index is 0. The van der Waals surface area contributed by atoms with Crippen LogP contribution in [0.1, 0.15) is 134 Å². The molecule has 0 atom stereocenters. The second-order valence-electron chi connectivity index (χ2n) is 21.1. The molecule has 0 bridgehead atoms. The number of pyridine rings is 1. The summed E-state index contributed by atoms with van der Waals surface area (Å²) < 4.78 is 9.25. The molecule has 6 aromatic carbocycles. The molecule has 67 heavy (non-hydrogen) atoms. The molecule has 2 aromatic heterocycles. The summed E-state index contributed by atoms with van der Waals surface area (Å²) in [6.45, 7) is 29.5. The summed E-state index contributed by atoms with van der Waals surface area (Å²) >= 11 is 0. The van der Waals surface area contributed by atoms with Crippen molar-refractivity contribution in [1.29, 1.82) is 0 Å². The van der Waals surface area contributed by atoms with Crippen molar-refractivity contribution in [2.75, 3.05) is 9.80 Å². The molecule has 9 rings (SSSR count). The average Bonchev–Trinajstić information content (AvgIpc) is 3.88. The number of rotatable bonds is 10. The van der Waals surface area contributed by atoms with Crippen molar-refractivity contribution in [3.05, 3.63) is 204 Å². The maximum atomic E-state index is 7.03. The van der Waals surface area contributed by atoms with E-state index in [1.54, 1.807) is 0 Å². The first-order valence-electron chi connectivity index (χ1n) is 23.5. The summed E-state index contributed by atoms with van der Waals surface area (Å²) in [6.07, 6.45) is 4.22. The molecule has 346 valence electrons. The Balaban J connectivity index is 0.00000608. The molecule has 1 aliphatic rings. The van der Waals surface area contributed by atoms with Crippen LogP contribution in [-0.2, 0) is 37.3 Å². The van der Waals surface area contributed by atoms with Crippen LogP contribution < -0.4 is 14.5 Å². The molecule has 6 heteroatoms. The fourth-order valence-corrected chi connectivity index (χ4v) is 9.30. The summed E-state index contributed by atoms with van der Waals surface area (Å²) in [5.74, 6) is 2.67. The number of anilines is 2. The number of hydrogen-bond acceptors (Lipinski definition) is 4. The van der Waals surface area contributed by atoms with E-state index in [-0.39, 0.29) is 37.3 Å². The number of hydrogen-bond donors (Lipinski definition) is 0. The number of ether oxygens (including phenoxy) is 1. The van der Waals surface area contributed by atoms with Crippen molar-refractivity contribution in [3.63, 3.8) is 0 Å². The number of aromatic nitrogens is 2. The van der Waals surface area contributed by atoms with Gasteiger partial charge in [-0.05, 0) is 97.8 Å². The largest absolute Gasteiger partial charge is 0.509 e. The second kappa shape index (κ2) is 18.3. The molecular weight excluding hydrogens is 1000 g/mol. The molecule has 0 N–H and O–H groups in total.